The maximum atomic E-state index is 12.7. The van der Waals surface area contributed by atoms with Crippen molar-refractivity contribution in [2.75, 3.05) is 13.1 Å². The molecule has 0 amide bonds. The lowest BCUT2D eigenvalue weighted by atomic mass is 10.3. The van der Waals surface area contributed by atoms with E-state index in [1.807, 2.05) is 0 Å². The molecule has 1 saturated heterocycles. The van der Waals surface area contributed by atoms with Crippen LogP contribution >= 0.6 is 12.4 Å². The molecule has 4 nitrogen and oxygen atoms in total. The number of nitrogens with zero attached hydrogens (tertiary/aromatic N) is 1. The zero-order valence-electron chi connectivity index (χ0n) is 9.04. The van der Waals surface area contributed by atoms with Crippen molar-refractivity contribution in [2.45, 2.75) is 17.4 Å². The lowest BCUT2D eigenvalue weighted by molar-refractivity contribution is 0.472. The number of sulfonamides is 1. The van der Waals surface area contributed by atoms with Gasteiger partial charge in [0.1, 0.15) is 5.82 Å². The normalized spacial score (nSPS) is 21.2. The van der Waals surface area contributed by atoms with E-state index in [-0.39, 0.29) is 23.3 Å². The summed E-state index contributed by atoms with van der Waals surface area (Å²) in [6.07, 6.45) is 0.667. The van der Waals surface area contributed by atoms with Crippen molar-refractivity contribution in [1.82, 2.24) is 4.31 Å². The quantitative estimate of drug-likeness (QED) is 0.878. The van der Waals surface area contributed by atoms with Gasteiger partial charge in [0, 0.05) is 19.1 Å². The van der Waals surface area contributed by atoms with Gasteiger partial charge in [0.15, 0.2) is 0 Å². The van der Waals surface area contributed by atoms with Crippen LogP contribution in [0.5, 0.6) is 0 Å². The van der Waals surface area contributed by atoms with Gasteiger partial charge >= 0.3 is 0 Å². The Morgan fingerprint density at radius 2 is 1.88 bits per heavy atom. The van der Waals surface area contributed by atoms with Crippen LogP contribution < -0.4 is 5.73 Å². The molecule has 17 heavy (non-hydrogen) atoms. The molecule has 1 atom stereocenters. The highest BCUT2D eigenvalue weighted by Gasteiger charge is 2.30. The predicted octanol–water partition coefficient (Wildman–Crippen LogP) is 0.969. The van der Waals surface area contributed by atoms with Gasteiger partial charge in [-0.3, -0.25) is 0 Å². The Kier molecular flexibility index (Phi) is 4.48. The first-order valence-electron chi connectivity index (χ1n) is 5.01. The Hall–Kier alpha value is -0.690. The molecule has 96 valence electrons. The molecule has 2 N–H and O–H groups in total. The molecule has 0 spiro atoms. The first-order valence-corrected chi connectivity index (χ1v) is 6.45. The maximum absolute atomic E-state index is 12.7. The average Bonchev–Trinajstić information content (AvgIpc) is 2.66. The Morgan fingerprint density at radius 3 is 2.35 bits per heavy atom. The van der Waals surface area contributed by atoms with E-state index < -0.39 is 15.8 Å². The largest absolute Gasteiger partial charge is 0.326 e. The third kappa shape index (κ3) is 2.95. The van der Waals surface area contributed by atoms with Gasteiger partial charge in [-0.1, -0.05) is 0 Å². The van der Waals surface area contributed by atoms with Crippen LogP contribution in [0.25, 0.3) is 0 Å². The first kappa shape index (κ1) is 14.4. The highest BCUT2D eigenvalue weighted by Crippen LogP contribution is 2.20. The summed E-state index contributed by atoms with van der Waals surface area (Å²) in [5.74, 6) is -0.447. The van der Waals surface area contributed by atoms with E-state index in [0.29, 0.717) is 19.5 Å². The molecule has 1 heterocycles. The summed E-state index contributed by atoms with van der Waals surface area (Å²) < 4.78 is 38.1. The zero-order chi connectivity index (χ0) is 11.8. The summed E-state index contributed by atoms with van der Waals surface area (Å²) in [6.45, 7) is 0.764. The number of benzene rings is 1. The third-order valence-electron chi connectivity index (χ3n) is 2.64. The standard InChI is InChI=1S/C10H13FN2O2S.ClH/c11-8-1-3-10(4-2-8)16(14,15)13-6-5-9(12)7-13;/h1-4,9H,5-7,12H2;1H/t9-;/m0./s1. The molecule has 1 fully saturated rings. The van der Waals surface area contributed by atoms with Crippen molar-refractivity contribution in [1.29, 1.82) is 0 Å². The van der Waals surface area contributed by atoms with Crippen LogP contribution in [0.4, 0.5) is 4.39 Å². The summed E-state index contributed by atoms with van der Waals surface area (Å²) in [5.41, 5.74) is 5.66. The van der Waals surface area contributed by atoms with Gasteiger partial charge in [0.25, 0.3) is 0 Å². The van der Waals surface area contributed by atoms with Gasteiger partial charge in [0.05, 0.1) is 4.90 Å². The van der Waals surface area contributed by atoms with Crippen LogP contribution in [0.2, 0.25) is 0 Å². The Labute approximate surface area is 106 Å². The van der Waals surface area contributed by atoms with E-state index in [2.05, 4.69) is 0 Å². The minimum atomic E-state index is -3.50. The van der Waals surface area contributed by atoms with Gasteiger partial charge in [-0.05, 0) is 30.7 Å². The van der Waals surface area contributed by atoms with Gasteiger partial charge in [-0.2, -0.15) is 4.31 Å². The maximum Gasteiger partial charge on any atom is 0.243 e. The van der Waals surface area contributed by atoms with Crippen molar-refractivity contribution >= 4 is 22.4 Å². The number of hydrogen-bond donors (Lipinski definition) is 1. The summed E-state index contributed by atoms with van der Waals surface area (Å²) in [5, 5.41) is 0. The summed E-state index contributed by atoms with van der Waals surface area (Å²) in [4.78, 5) is 0.114. The number of halogens is 2. The van der Waals surface area contributed by atoms with Crippen LogP contribution in [0.3, 0.4) is 0 Å². The fraction of sp³-hybridized carbons (Fsp3) is 0.400. The molecule has 0 saturated carbocycles. The third-order valence-corrected chi connectivity index (χ3v) is 4.52. The predicted molar refractivity (Wildman–Crippen MR) is 65.0 cm³/mol. The minimum Gasteiger partial charge on any atom is -0.326 e. The van der Waals surface area contributed by atoms with Crippen molar-refractivity contribution in [3.63, 3.8) is 0 Å². The molecule has 0 radical (unpaired) electrons. The SMILES string of the molecule is Cl.N[C@H]1CCN(S(=O)(=O)c2ccc(F)cc2)C1. The van der Waals surface area contributed by atoms with Crippen LogP contribution in [0.1, 0.15) is 6.42 Å². The van der Waals surface area contributed by atoms with Crippen molar-refractivity contribution in [2.24, 2.45) is 5.73 Å². The fourth-order valence-electron chi connectivity index (χ4n) is 1.73. The van der Waals surface area contributed by atoms with Gasteiger partial charge < -0.3 is 5.73 Å². The van der Waals surface area contributed by atoms with Gasteiger partial charge in [0.2, 0.25) is 10.0 Å². The van der Waals surface area contributed by atoms with Crippen molar-refractivity contribution < 1.29 is 12.8 Å². The summed E-state index contributed by atoms with van der Waals surface area (Å²) in [6, 6.07) is 4.73. The Balaban J connectivity index is 0.00000144. The molecule has 1 aliphatic heterocycles. The van der Waals surface area contributed by atoms with E-state index in [9.17, 15) is 12.8 Å². The lowest BCUT2D eigenvalue weighted by Gasteiger charge is -2.15. The topological polar surface area (TPSA) is 63.4 Å². The molecule has 0 unspecified atom stereocenters. The van der Waals surface area contributed by atoms with E-state index in [1.54, 1.807) is 0 Å². The van der Waals surface area contributed by atoms with Gasteiger partial charge in [-0.15, -0.1) is 12.4 Å². The molecule has 0 aliphatic carbocycles. The Morgan fingerprint density at radius 1 is 1.29 bits per heavy atom. The minimum absolute atomic E-state index is 0. The highest BCUT2D eigenvalue weighted by molar-refractivity contribution is 7.89. The van der Waals surface area contributed by atoms with Crippen LogP contribution in [0.15, 0.2) is 29.2 Å². The molecule has 1 aromatic carbocycles. The number of rotatable bonds is 2. The second kappa shape index (κ2) is 5.30. The first-order chi connectivity index (χ1) is 7.50. The number of nitrogens with two attached hydrogens (primary N) is 1. The van der Waals surface area contributed by atoms with Crippen LogP contribution in [-0.2, 0) is 10.0 Å². The summed E-state index contributed by atoms with van der Waals surface area (Å²) in [7, 11) is -3.50. The van der Waals surface area contributed by atoms with E-state index in [1.165, 1.54) is 16.4 Å². The molecule has 2 rings (SSSR count). The molecule has 0 aromatic heterocycles. The van der Waals surface area contributed by atoms with Gasteiger partial charge in [-0.25, -0.2) is 12.8 Å². The molecule has 1 aliphatic rings. The second-order valence-corrected chi connectivity index (χ2v) is 5.80. The number of hydrogen-bond acceptors (Lipinski definition) is 3. The van der Waals surface area contributed by atoms with Crippen molar-refractivity contribution in [3.8, 4) is 0 Å². The highest BCUT2D eigenvalue weighted by atomic mass is 35.5. The Bertz CT molecular complexity index is 478. The monoisotopic (exact) mass is 280 g/mol. The van der Waals surface area contributed by atoms with Crippen LogP contribution in [0, 0.1) is 5.82 Å². The molecular formula is C10H14ClFN2O2S. The average molecular weight is 281 g/mol. The van der Waals surface area contributed by atoms with E-state index in [4.69, 9.17) is 5.73 Å². The molecule has 1 aromatic rings. The molecule has 0 bridgehead atoms. The lowest BCUT2D eigenvalue weighted by Crippen LogP contribution is -2.31. The smallest absolute Gasteiger partial charge is 0.243 e. The molecule has 7 heteroatoms. The fourth-order valence-corrected chi connectivity index (χ4v) is 3.24. The second-order valence-electron chi connectivity index (χ2n) is 3.87. The zero-order valence-corrected chi connectivity index (χ0v) is 10.7. The van der Waals surface area contributed by atoms with E-state index in [0.717, 1.165) is 12.1 Å². The van der Waals surface area contributed by atoms with Crippen molar-refractivity contribution in [3.05, 3.63) is 30.1 Å². The molecular weight excluding hydrogens is 267 g/mol. The van der Waals surface area contributed by atoms with Crippen LogP contribution in [-0.4, -0.2) is 31.9 Å². The van der Waals surface area contributed by atoms with E-state index >= 15 is 0 Å². The summed E-state index contributed by atoms with van der Waals surface area (Å²) >= 11 is 0.